The lowest BCUT2D eigenvalue weighted by molar-refractivity contribution is -0.144. The molecule has 0 atom stereocenters. The smallest absolute Gasteiger partial charge is 0.306 e. The number of rotatable bonds is 19. The van der Waals surface area contributed by atoms with Crippen molar-refractivity contribution in [3.05, 3.63) is 191 Å². The molecule has 0 radical (unpaired) electrons. The summed E-state index contributed by atoms with van der Waals surface area (Å²) in [6, 6.07) is 57.4. The zero-order chi connectivity index (χ0) is 48.8. The Bertz CT molecular complexity index is 3410. The fourth-order valence-electron chi connectivity index (χ4n) is 9.18. The highest BCUT2D eigenvalue weighted by atomic mass is 32.1. The van der Waals surface area contributed by atoms with Gasteiger partial charge in [-0.05, 0) is 192 Å². The lowest BCUT2D eigenvalue weighted by atomic mass is 10.0. The molecule has 0 spiro atoms. The molecule has 0 bridgehead atoms. The number of thiophene rings is 4. The van der Waals surface area contributed by atoms with Crippen molar-refractivity contribution in [3.63, 3.8) is 0 Å². The van der Waals surface area contributed by atoms with Crippen LogP contribution in [0.2, 0.25) is 0 Å². The summed E-state index contributed by atoms with van der Waals surface area (Å²) in [4.78, 5) is 33.8. The van der Waals surface area contributed by atoms with Crippen LogP contribution in [0.3, 0.4) is 0 Å². The number of nitrogens with zero attached hydrogens (tertiary/aromatic N) is 2. The van der Waals surface area contributed by atoms with Gasteiger partial charge < -0.3 is 24.1 Å². The Hall–Kier alpha value is -6.66. The van der Waals surface area contributed by atoms with Crippen molar-refractivity contribution in [1.29, 1.82) is 0 Å². The van der Waals surface area contributed by atoms with Crippen molar-refractivity contribution in [2.45, 2.75) is 52.9 Å². The zero-order valence-electron chi connectivity index (χ0n) is 40.3. The van der Waals surface area contributed by atoms with Gasteiger partial charge in [-0.3, -0.25) is 4.79 Å². The third kappa shape index (κ3) is 10.7. The van der Waals surface area contributed by atoms with E-state index in [0.29, 0.717) is 25.9 Å². The summed E-state index contributed by atoms with van der Waals surface area (Å²) in [5.74, 6) is 0.0168. The summed E-state index contributed by atoms with van der Waals surface area (Å²) in [6.07, 6.45) is 3.26. The van der Waals surface area contributed by atoms with Gasteiger partial charge in [-0.1, -0.05) is 60.7 Å². The van der Waals surface area contributed by atoms with Crippen LogP contribution in [0.5, 0.6) is 0 Å². The van der Waals surface area contributed by atoms with Crippen LogP contribution in [0.25, 0.3) is 50.8 Å². The molecule has 0 aliphatic heterocycles. The van der Waals surface area contributed by atoms with Gasteiger partial charge in [0.15, 0.2) is 0 Å². The van der Waals surface area contributed by atoms with Gasteiger partial charge in [0.1, 0.15) is 12.4 Å². The lowest BCUT2D eigenvalue weighted by Crippen LogP contribution is -2.11. The van der Waals surface area contributed by atoms with Gasteiger partial charge in [-0.25, -0.2) is 0 Å². The largest absolute Gasteiger partial charge is 0.463 e. The van der Waals surface area contributed by atoms with Gasteiger partial charge in [0.25, 0.3) is 0 Å². The van der Waals surface area contributed by atoms with Gasteiger partial charge in [0, 0.05) is 83.0 Å². The molecule has 6 aromatic carbocycles. The van der Waals surface area contributed by atoms with Crippen LogP contribution < -0.4 is 9.80 Å². The molecule has 0 aliphatic carbocycles. The van der Waals surface area contributed by atoms with E-state index < -0.39 is 0 Å². The van der Waals surface area contributed by atoms with Crippen molar-refractivity contribution in [2.24, 2.45) is 0 Å². The number of esters is 1. The predicted octanol–water partition coefficient (Wildman–Crippen LogP) is 17.8. The maximum atomic E-state index is 12.4. The van der Waals surface area contributed by atoms with E-state index in [-0.39, 0.29) is 18.4 Å². The standard InChI is InChI=1S/C61H54N2O4S4/c1-40(64)8-5-9-43-12-21-47(22-13-43)62(49-25-17-45(18-26-49)55-10-6-36-68-55)51-29-31-57-53(38-51)41(2)60(70-57)61-42(3)54-39-52(30-32-58(54)71-61)63(50-27-19-46(20-28-50)56-11-7-37-69-56)48-23-14-44(15-24-48)16-33-59(65)67-35-34-66-4/h6-7,10-15,17-32,36-39H,5,8-9,16,33-35H2,1-4H3. The van der Waals surface area contributed by atoms with Crippen molar-refractivity contribution in [3.8, 4) is 30.6 Å². The van der Waals surface area contributed by atoms with Gasteiger partial charge >= 0.3 is 5.97 Å². The van der Waals surface area contributed by atoms with Crippen LogP contribution in [0, 0.1) is 13.8 Å². The van der Waals surface area contributed by atoms with Crippen molar-refractivity contribution in [2.75, 3.05) is 30.1 Å². The zero-order valence-corrected chi connectivity index (χ0v) is 43.5. The van der Waals surface area contributed by atoms with E-state index in [1.54, 1.807) is 36.7 Å². The number of carbonyl (C=O) groups excluding carboxylic acids is 2. The van der Waals surface area contributed by atoms with Crippen molar-refractivity contribution < 1.29 is 19.1 Å². The molecule has 0 amide bonds. The second kappa shape index (κ2) is 21.8. The quantitative estimate of drug-likeness (QED) is 0.0594. The molecule has 0 aliphatic rings. The fraction of sp³-hybridized carbons (Fsp3) is 0.180. The molecular formula is C61H54N2O4S4. The summed E-state index contributed by atoms with van der Waals surface area (Å²) in [5, 5.41) is 6.73. The van der Waals surface area contributed by atoms with Gasteiger partial charge in [0.05, 0.1) is 6.61 Å². The molecule has 0 unspecified atom stereocenters. The van der Waals surface area contributed by atoms with Crippen LogP contribution in [0.1, 0.15) is 48.4 Å². The first-order valence-corrected chi connectivity index (χ1v) is 27.4. The van der Waals surface area contributed by atoms with Gasteiger partial charge in [0.2, 0.25) is 0 Å². The van der Waals surface area contributed by atoms with E-state index in [2.05, 4.69) is 192 Å². The van der Waals surface area contributed by atoms with E-state index in [1.165, 1.54) is 67.5 Å². The molecule has 0 N–H and O–H groups in total. The first-order valence-electron chi connectivity index (χ1n) is 24.0. The molecule has 356 valence electrons. The lowest BCUT2D eigenvalue weighted by Gasteiger charge is -2.26. The van der Waals surface area contributed by atoms with E-state index in [1.807, 2.05) is 22.7 Å². The molecule has 0 saturated carbocycles. The normalized spacial score (nSPS) is 11.4. The Morgan fingerprint density at radius 2 is 0.944 bits per heavy atom. The Morgan fingerprint density at radius 1 is 0.507 bits per heavy atom. The molecule has 10 aromatic rings. The monoisotopic (exact) mass is 1010 g/mol. The number of fused-ring (bicyclic) bond motifs is 2. The molecular weight excluding hydrogens is 953 g/mol. The van der Waals surface area contributed by atoms with Crippen LogP contribution in [0.4, 0.5) is 34.1 Å². The molecule has 10 heteroatoms. The maximum Gasteiger partial charge on any atom is 0.306 e. The third-order valence-electron chi connectivity index (χ3n) is 13.0. The Labute approximate surface area is 432 Å². The SMILES string of the molecule is COCCOC(=O)CCc1ccc(N(c2ccc(-c3cccs3)cc2)c2ccc3sc(-c4sc5ccc(N(c6ccc(CCCC(C)=O)cc6)c6ccc(-c7cccs7)cc6)cc5c4C)c(C)c3c2)cc1. The summed E-state index contributed by atoms with van der Waals surface area (Å²) < 4.78 is 12.8. The molecule has 4 heterocycles. The maximum absolute atomic E-state index is 12.4. The summed E-state index contributed by atoms with van der Waals surface area (Å²) in [6.45, 7) is 6.88. The number of methoxy groups -OCH3 is 1. The van der Waals surface area contributed by atoms with E-state index in [9.17, 15) is 9.59 Å². The van der Waals surface area contributed by atoms with E-state index >= 15 is 0 Å². The molecule has 0 saturated heterocycles. The Morgan fingerprint density at radius 3 is 1.37 bits per heavy atom. The number of ketones is 1. The summed E-state index contributed by atoms with van der Waals surface area (Å²) in [5.41, 5.74) is 13.7. The number of hydrogen-bond acceptors (Lipinski definition) is 10. The van der Waals surface area contributed by atoms with Gasteiger partial charge in [-0.2, -0.15) is 0 Å². The molecule has 10 rings (SSSR count). The average molecular weight is 1010 g/mol. The number of hydrogen-bond donors (Lipinski definition) is 0. The van der Waals surface area contributed by atoms with E-state index in [0.717, 1.165) is 52.5 Å². The van der Waals surface area contributed by atoms with Crippen LogP contribution in [-0.2, 0) is 31.9 Å². The number of benzene rings is 6. The van der Waals surface area contributed by atoms with Crippen LogP contribution >= 0.6 is 45.3 Å². The highest BCUT2D eigenvalue weighted by Crippen LogP contribution is 2.49. The minimum Gasteiger partial charge on any atom is -0.463 e. The third-order valence-corrected chi connectivity index (χ3v) is 17.5. The predicted molar refractivity (Wildman–Crippen MR) is 303 cm³/mol. The topological polar surface area (TPSA) is 59.1 Å². The summed E-state index contributed by atoms with van der Waals surface area (Å²) >= 11 is 7.24. The first-order chi connectivity index (χ1) is 34.7. The first kappa shape index (κ1) is 48.0. The minimum absolute atomic E-state index is 0.219. The van der Waals surface area contributed by atoms with Gasteiger partial charge in [-0.15, -0.1) is 45.3 Å². The Balaban J connectivity index is 0.978. The Kier molecular flexibility index (Phi) is 14.7. The molecule has 4 aromatic heterocycles. The second-order valence-corrected chi connectivity index (χ2v) is 21.8. The average Bonchev–Trinajstić information content (AvgIpc) is 4.24. The number of aryl methyl sites for hydroxylation is 4. The summed E-state index contributed by atoms with van der Waals surface area (Å²) in [7, 11) is 1.60. The highest BCUT2D eigenvalue weighted by molar-refractivity contribution is 7.28. The van der Waals surface area contributed by atoms with Crippen molar-refractivity contribution in [1.82, 2.24) is 0 Å². The van der Waals surface area contributed by atoms with Crippen LogP contribution in [0.15, 0.2) is 168 Å². The second-order valence-electron chi connectivity index (χ2n) is 17.8. The number of Topliss-reactive ketones (excluding diaryl/α,β-unsaturated/α-hetero) is 1. The number of anilines is 6. The molecule has 71 heavy (non-hydrogen) atoms. The highest BCUT2D eigenvalue weighted by Gasteiger charge is 2.22. The molecule has 0 fully saturated rings. The number of carbonyl (C=O) groups is 2. The van der Waals surface area contributed by atoms with Crippen molar-refractivity contribution >= 4 is 111 Å². The number of ether oxygens (including phenoxy) is 2. The fourth-order valence-corrected chi connectivity index (χ4v) is 13.3. The van der Waals surface area contributed by atoms with Crippen LogP contribution in [-0.4, -0.2) is 32.1 Å². The minimum atomic E-state index is -0.219. The molecule has 6 nitrogen and oxygen atoms in total. The van der Waals surface area contributed by atoms with E-state index in [4.69, 9.17) is 9.47 Å².